The Kier molecular flexibility index (Phi) is 3.33. The van der Waals surface area contributed by atoms with Crippen molar-refractivity contribution < 1.29 is 27.8 Å². The zero-order valence-corrected chi connectivity index (χ0v) is 9.52. The SMILES string of the molecule is O=C(O)OC(c1cccc2ccccc12)C(F)(F)F. The van der Waals surface area contributed by atoms with Crippen molar-refractivity contribution in [2.24, 2.45) is 0 Å². The molecule has 0 radical (unpaired) electrons. The highest BCUT2D eigenvalue weighted by Gasteiger charge is 2.44. The van der Waals surface area contributed by atoms with Crippen molar-refractivity contribution in [2.45, 2.75) is 12.3 Å². The molecule has 0 amide bonds. The van der Waals surface area contributed by atoms with Crippen LogP contribution in [0.3, 0.4) is 0 Å². The molecule has 100 valence electrons. The molecule has 3 nitrogen and oxygen atoms in total. The van der Waals surface area contributed by atoms with E-state index in [4.69, 9.17) is 5.11 Å². The van der Waals surface area contributed by atoms with Crippen LogP contribution in [-0.4, -0.2) is 17.4 Å². The zero-order chi connectivity index (χ0) is 14.0. The van der Waals surface area contributed by atoms with Crippen molar-refractivity contribution in [1.29, 1.82) is 0 Å². The molecule has 0 heterocycles. The van der Waals surface area contributed by atoms with Crippen molar-refractivity contribution in [3.8, 4) is 0 Å². The lowest BCUT2D eigenvalue weighted by Gasteiger charge is -2.20. The molecule has 0 aliphatic rings. The van der Waals surface area contributed by atoms with Crippen LogP contribution in [0, 0.1) is 0 Å². The molecule has 0 saturated carbocycles. The smallest absolute Gasteiger partial charge is 0.450 e. The second-order valence-corrected chi connectivity index (χ2v) is 3.87. The van der Waals surface area contributed by atoms with Gasteiger partial charge in [-0.2, -0.15) is 13.2 Å². The van der Waals surface area contributed by atoms with Gasteiger partial charge in [0, 0.05) is 5.56 Å². The highest BCUT2D eigenvalue weighted by atomic mass is 19.4. The van der Waals surface area contributed by atoms with Crippen molar-refractivity contribution in [3.05, 3.63) is 48.0 Å². The zero-order valence-electron chi connectivity index (χ0n) is 9.52. The monoisotopic (exact) mass is 270 g/mol. The van der Waals surface area contributed by atoms with Crippen LogP contribution < -0.4 is 0 Å². The van der Waals surface area contributed by atoms with Gasteiger partial charge in [-0.05, 0) is 10.8 Å². The topological polar surface area (TPSA) is 46.5 Å². The Morgan fingerprint density at radius 1 is 1.11 bits per heavy atom. The molecule has 19 heavy (non-hydrogen) atoms. The fourth-order valence-corrected chi connectivity index (χ4v) is 1.89. The van der Waals surface area contributed by atoms with Gasteiger partial charge in [-0.25, -0.2) is 4.79 Å². The predicted octanol–water partition coefficient (Wildman–Crippen LogP) is 4.14. The predicted molar refractivity (Wildman–Crippen MR) is 61.9 cm³/mol. The van der Waals surface area contributed by atoms with E-state index in [-0.39, 0.29) is 5.56 Å². The van der Waals surface area contributed by atoms with Gasteiger partial charge in [0.1, 0.15) is 0 Å². The summed E-state index contributed by atoms with van der Waals surface area (Å²) < 4.78 is 42.7. The minimum Gasteiger partial charge on any atom is -0.450 e. The molecule has 2 aromatic carbocycles. The van der Waals surface area contributed by atoms with Crippen LogP contribution in [0.25, 0.3) is 10.8 Å². The van der Waals surface area contributed by atoms with E-state index in [0.29, 0.717) is 10.8 Å². The summed E-state index contributed by atoms with van der Waals surface area (Å²) in [5, 5.41) is 9.36. The van der Waals surface area contributed by atoms with Gasteiger partial charge >= 0.3 is 12.3 Å². The largest absolute Gasteiger partial charge is 0.506 e. The van der Waals surface area contributed by atoms with Crippen LogP contribution in [0.2, 0.25) is 0 Å². The van der Waals surface area contributed by atoms with Gasteiger partial charge < -0.3 is 9.84 Å². The van der Waals surface area contributed by atoms with Crippen LogP contribution in [0.1, 0.15) is 11.7 Å². The summed E-state index contributed by atoms with van der Waals surface area (Å²) in [6.07, 6.45) is -9.26. The number of hydrogen-bond donors (Lipinski definition) is 1. The van der Waals surface area contributed by atoms with Gasteiger partial charge in [0.15, 0.2) is 0 Å². The molecule has 0 spiro atoms. The number of rotatable bonds is 2. The summed E-state index contributed by atoms with van der Waals surface area (Å²) >= 11 is 0. The first-order valence-electron chi connectivity index (χ1n) is 5.33. The summed E-state index contributed by atoms with van der Waals surface area (Å²) in [6, 6.07) is 10.7. The first-order chi connectivity index (χ1) is 8.89. The third-order valence-corrected chi connectivity index (χ3v) is 2.62. The number of alkyl halides is 3. The number of carbonyl (C=O) groups is 1. The normalized spacial score (nSPS) is 13.2. The number of carboxylic acid groups (broad SMARTS) is 1. The van der Waals surface area contributed by atoms with E-state index < -0.39 is 18.4 Å². The maximum Gasteiger partial charge on any atom is 0.506 e. The Hall–Kier alpha value is -2.24. The molecule has 0 aromatic heterocycles. The van der Waals surface area contributed by atoms with Gasteiger partial charge in [0.05, 0.1) is 0 Å². The molecule has 6 heteroatoms. The molecule has 1 unspecified atom stereocenters. The average molecular weight is 270 g/mol. The van der Waals surface area contributed by atoms with Gasteiger partial charge in [-0.15, -0.1) is 0 Å². The maximum atomic E-state index is 12.9. The first kappa shape index (κ1) is 13.2. The molecule has 0 fully saturated rings. The number of ether oxygens (including phenoxy) is 1. The molecule has 0 aliphatic heterocycles. The first-order valence-corrected chi connectivity index (χ1v) is 5.33. The highest BCUT2D eigenvalue weighted by molar-refractivity contribution is 5.86. The van der Waals surface area contributed by atoms with Crippen molar-refractivity contribution in [1.82, 2.24) is 0 Å². The molecular weight excluding hydrogens is 261 g/mol. The molecule has 1 atom stereocenters. The van der Waals surface area contributed by atoms with Crippen molar-refractivity contribution in [3.63, 3.8) is 0 Å². The summed E-state index contributed by atoms with van der Waals surface area (Å²) in [4.78, 5) is 10.4. The van der Waals surface area contributed by atoms with E-state index in [1.165, 1.54) is 18.2 Å². The minimum absolute atomic E-state index is 0.215. The van der Waals surface area contributed by atoms with Crippen LogP contribution in [-0.2, 0) is 4.74 Å². The van der Waals surface area contributed by atoms with E-state index >= 15 is 0 Å². The van der Waals surface area contributed by atoms with Crippen LogP contribution in [0.4, 0.5) is 18.0 Å². The average Bonchev–Trinajstić information content (AvgIpc) is 2.34. The lowest BCUT2D eigenvalue weighted by atomic mass is 10.00. The van der Waals surface area contributed by atoms with E-state index in [9.17, 15) is 18.0 Å². The Labute approximate surface area is 106 Å². The molecular formula is C13H9F3O3. The second-order valence-electron chi connectivity index (χ2n) is 3.87. The summed E-state index contributed by atoms with van der Waals surface area (Å²) in [5.74, 6) is 0. The van der Waals surface area contributed by atoms with Crippen molar-refractivity contribution >= 4 is 16.9 Å². The fourth-order valence-electron chi connectivity index (χ4n) is 1.89. The third-order valence-electron chi connectivity index (χ3n) is 2.62. The quantitative estimate of drug-likeness (QED) is 0.834. The number of halogens is 3. The summed E-state index contributed by atoms with van der Waals surface area (Å²) in [6.45, 7) is 0. The van der Waals surface area contributed by atoms with E-state index in [0.717, 1.165) is 0 Å². The van der Waals surface area contributed by atoms with E-state index in [1.807, 2.05) is 0 Å². The fraction of sp³-hybridized carbons (Fsp3) is 0.154. The third kappa shape index (κ3) is 2.78. The summed E-state index contributed by atoms with van der Waals surface area (Å²) in [5.41, 5.74) is -0.215. The molecule has 2 aromatic rings. The standard InChI is InChI=1S/C13H9F3O3/c14-13(15,16)11(19-12(17)18)10-7-3-5-8-4-1-2-6-9(8)10/h1-7,11H,(H,17,18). The van der Waals surface area contributed by atoms with Crippen molar-refractivity contribution in [2.75, 3.05) is 0 Å². The van der Waals surface area contributed by atoms with E-state index in [2.05, 4.69) is 4.74 Å². The Morgan fingerprint density at radius 2 is 1.74 bits per heavy atom. The van der Waals surface area contributed by atoms with Crippen LogP contribution in [0.5, 0.6) is 0 Å². The van der Waals surface area contributed by atoms with Gasteiger partial charge in [-0.1, -0.05) is 42.5 Å². The molecule has 0 bridgehead atoms. The highest BCUT2D eigenvalue weighted by Crippen LogP contribution is 2.38. The number of fused-ring (bicyclic) bond motifs is 1. The van der Waals surface area contributed by atoms with Gasteiger partial charge in [0.2, 0.25) is 6.10 Å². The molecule has 2 rings (SSSR count). The molecule has 1 N–H and O–H groups in total. The lowest BCUT2D eigenvalue weighted by molar-refractivity contribution is -0.210. The van der Waals surface area contributed by atoms with Gasteiger partial charge in [0.25, 0.3) is 0 Å². The van der Waals surface area contributed by atoms with Crippen LogP contribution in [0.15, 0.2) is 42.5 Å². The lowest BCUT2D eigenvalue weighted by Crippen LogP contribution is -2.25. The minimum atomic E-state index is -4.80. The van der Waals surface area contributed by atoms with E-state index in [1.54, 1.807) is 24.3 Å². The van der Waals surface area contributed by atoms with Crippen LogP contribution >= 0.6 is 0 Å². The number of hydrogen-bond acceptors (Lipinski definition) is 2. The Morgan fingerprint density at radius 3 is 2.37 bits per heavy atom. The Bertz CT molecular complexity index is 602. The summed E-state index contributed by atoms with van der Waals surface area (Å²) in [7, 11) is 0. The Balaban J connectivity index is 2.59. The second kappa shape index (κ2) is 4.79. The molecule has 0 aliphatic carbocycles. The molecule has 0 saturated heterocycles. The number of benzene rings is 2. The van der Waals surface area contributed by atoms with Gasteiger partial charge in [-0.3, -0.25) is 0 Å². The maximum absolute atomic E-state index is 12.9.